The highest BCUT2D eigenvalue weighted by atomic mass is 16.5. The summed E-state index contributed by atoms with van der Waals surface area (Å²) in [5, 5.41) is 0. The first-order valence-electron chi connectivity index (χ1n) is 12.2. The van der Waals surface area contributed by atoms with E-state index in [1.807, 2.05) is 29.2 Å². The quantitative estimate of drug-likeness (QED) is 0.680. The number of benzene rings is 1. The molecule has 1 aliphatic carbocycles. The molecule has 1 saturated heterocycles. The van der Waals surface area contributed by atoms with Gasteiger partial charge in [0, 0.05) is 29.3 Å². The molecule has 1 atom stereocenters. The van der Waals surface area contributed by atoms with Gasteiger partial charge >= 0.3 is 0 Å². The molecule has 170 valence electrons. The molecule has 2 fully saturated rings. The molecule has 0 radical (unpaired) electrons. The van der Waals surface area contributed by atoms with E-state index in [4.69, 9.17) is 14.7 Å². The molecule has 2 aliphatic heterocycles. The van der Waals surface area contributed by atoms with Crippen LogP contribution in [-0.2, 0) is 17.8 Å². The van der Waals surface area contributed by atoms with Gasteiger partial charge in [0.05, 0.1) is 19.7 Å². The van der Waals surface area contributed by atoms with Crippen molar-refractivity contribution in [3.05, 3.63) is 46.9 Å². The van der Waals surface area contributed by atoms with Gasteiger partial charge in [-0.1, -0.05) is 37.5 Å². The van der Waals surface area contributed by atoms with Crippen molar-refractivity contribution in [1.82, 2.24) is 14.9 Å². The van der Waals surface area contributed by atoms with Crippen LogP contribution in [-0.4, -0.2) is 40.5 Å². The highest BCUT2D eigenvalue weighted by Gasteiger charge is 2.36. The summed E-state index contributed by atoms with van der Waals surface area (Å²) >= 11 is 0. The van der Waals surface area contributed by atoms with E-state index >= 15 is 0 Å². The Morgan fingerprint density at radius 2 is 1.84 bits per heavy atom. The largest absolute Gasteiger partial charge is 0.496 e. The van der Waals surface area contributed by atoms with E-state index in [1.165, 1.54) is 38.5 Å². The molecule has 0 spiro atoms. The van der Waals surface area contributed by atoms with Gasteiger partial charge in [-0.3, -0.25) is 14.6 Å². The van der Waals surface area contributed by atoms with Crippen molar-refractivity contribution in [2.24, 2.45) is 0 Å². The summed E-state index contributed by atoms with van der Waals surface area (Å²) in [4.78, 5) is 27.6. The number of fused-ring (bicyclic) bond motifs is 1. The van der Waals surface area contributed by atoms with Crippen molar-refractivity contribution in [2.45, 2.75) is 83.3 Å². The molecule has 1 aromatic carbocycles. The maximum absolute atomic E-state index is 13.0. The highest BCUT2D eigenvalue weighted by molar-refractivity contribution is 5.95. The molecule has 1 amide bonds. The number of para-hydroxylation sites is 1. The Bertz CT molecular complexity index is 986. The van der Waals surface area contributed by atoms with Gasteiger partial charge in [-0.15, -0.1) is 0 Å². The fourth-order valence-corrected chi connectivity index (χ4v) is 5.84. The average Bonchev–Trinajstić information content (AvgIpc) is 3.32. The van der Waals surface area contributed by atoms with Crippen LogP contribution in [0.1, 0.15) is 80.1 Å². The van der Waals surface area contributed by atoms with Gasteiger partial charge < -0.3 is 4.74 Å². The monoisotopic (exact) mass is 434 g/mol. The Morgan fingerprint density at radius 1 is 1.03 bits per heavy atom. The Morgan fingerprint density at radius 3 is 2.66 bits per heavy atom. The van der Waals surface area contributed by atoms with Crippen LogP contribution < -0.4 is 9.64 Å². The van der Waals surface area contributed by atoms with Crippen molar-refractivity contribution in [3.63, 3.8) is 0 Å². The lowest BCUT2D eigenvalue weighted by Gasteiger charge is -2.36. The predicted octanol–water partition coefficient (Wildman–Crippen LogP) is 4.74. The number of aryl methyl sites for hydroxylation is 1. The number of carbonyl (C=O) groups excluding carboxylic acids is 1. The molecule has 5 rings (SSSR count). The minimum atomic E-state index is 0.128. The third kappa shape index (κ3) is 4.01. The molecule has 0 unspecified atom stereocenters. The third-order valence-corrected chi connectivity index (χ3v) is 7.51. The zero-order valence-electron chi connectivity index (χ0n) is 19.3. The summed E-state index contributed by atoms with van der Waals surface area (Å²) in [6, 6.07) is 8.84. The van der Waals surface area contributed by atoms with E-state index in [9.17, 15) is 4.79 Å². The summed E-state index contributed by atoms with van der Waals surface area (Å²) in [5.41, 5.74) is 3.14. The first-order chi connectivity index (χ1) is 15.7. The highest BCUT2D eigenvalue weighted by Crippen LogP contribution is 2.39. The standard InChI is InChI=1S/C26H34N4O2/c1-18-21-14-15-24(31)30(17-19-9-6-7-13-23(19)32-2)26(21)28-25(27-18)22-12-8-16-29(22)20-10-4-3-5-11-20/h6-7,9,13,20,22H,3-5,8,10-12,14-17H2,1-2H3/t22-/m0/s1. The smallest absolute Gasteiger partial charge is 0.228 e. The number of amides is 1. The molecule has 0 N–H and O–H groups in total. The van der Waals surface area contributed by atoms with Gasteiger partial charge in [-0.05, 0) is 51.6 Å². The number of likely N-dealkylation sites (tertiary alicyclic amines) is 1. The lowest BCUT2D eigenvalue weighted by atomic mass is 9.93. The second-order valence-electron chi connectivity index (χ2n) is 9.45. The lowest BCUT2D eigenvalue weighted by Crippen LogP contribution is -2.39. The van der Waals surface area contributed by atoms with Gasteiger partial charge in [-0.2, -0.15) is 0 Å². The zero-order chi connectivity index (χ0) is 22.1. The van der Waals surface area contributed by atoms with Crippen LogP contribution in [0.5, 0.6) is 5.75 Å². The van der Waals surface area contributed by atoms with E-state index in [-0.39, 0.29) is 11.9 Å². The Balaban J connectivity index is 1.49. The van der Waals surface area contributed by atoms with Crippen molar-refractivity contribution in [1.29, 1.82) is 0 Å². The number of aromatic nitrogens is 2. The topological polar surface area (TPSA) is 58.6 Å². The van der Waals surface area contributed by atoms with Crippen LogP contribution in [0.25, 0.3) is 0 Å². The van der Waals surface area contributed by atoms with E-state index < -0.39 is 0 Å². The van der Waals surface area contributed by atoms with Gasteiger partial charge in [0.1, 0.15) is 17.4 Å². The van der Waals surface area contributed by atoms with Crippen molar-refractivity contribution < 1.29 is 9.53 Å². The number of hydrogen-bond acceptors (Lipinski definition) is 5. The maximum atomic E-state index is 13.0. The average molecular weight is 435 g/mol. The van der Waals surface area contributed by atoms with E-state index in [2.05, 4.69) is 11.8 Å². The van der Waals surface area contributed by atoms with Crippen LogP contribution in [0, 0.1) is 6.92 Å². The molecular formula is C26H34N4O2. The van der Waals surface area contributed by atoms with E-state index in [0.29, 0.717) is 19.0 Å². The first-order valence-corrected chi connectivity index (χ1v) is 12.2. The van der Waals surface area contributed by atoms with Gasteiger partial charge in [0.25, 0.3) is 0 Å². The van der Waals surface area contributed by atoms with Crippen LogP contribution >= 0.6 is 0 Å². The summed E-state index contributed by atoms with van der Waals surface area (Å²) in [6.45, 7) is 3.70. The van der Waals surface area contributed by atoms with Crippen molar-refractivity contribution in [2.75, 3.05) is 18.6 Å². The molecule has 32 heavy (non-hydrogen) atoms. The minimum Gasteiger partial charge on any atom is -0.496 e. The second kappa shape index (κ2) is 9.18. The molecule has 1 aromatic heterocycles. The second-order valence-corrected chi connectivity index (χ2v) is 9.45. The fraction of sp³-hybridized carbons (Fsp3) is 0.577. The van der Waals surface area contributed by atoms with Crippen LogP contribution in [0.4, 0.5) is 5.82 Å². The molecule has 3 aliphatic rings. The summed E-state index contributed by atoms with van der Waals surface area (Å²) < 4.78 is 5.54. The molecule has 6 heteroatoms. The molecular weight excluding hydrogens is 400 g/mol. The normalized spacial score (nSPS) is 22.2. The van der Waals surface area contributed by atoms with Crippen LogP contribution in [0.2, 0.25) is 0 Å². The molecule has 6 nitrogen and oxygen atoms in total. The summed E-state index contributed by atoms with van der Waals surface area (Å²) in [7, 11) is 1.68. The van der Waals surface area contributed by atoms with E-state index in [0.717, 1.165) is 53.6 Å². The number of carbonyl (C=O) groups is 1. The minimum absolute atomic E-state index is 0.128. The van der Waals surface area contributed by atoms with Crippen LogP contribution in [0.15, 0.2) is 24.3 Å². The molecule has 0 bridgehead atoms. The number of anilines is 1. The SMILES string of the molecule is COc1ccccc1CN1C(=O)CCc2c(C)nc([C@@H]3CCCN3C3CCCCC3)nc21. The summed E-state index contributed by atoms with van der Waals surface area (Å²) in [6.07, 6.45) is 10.1. The molecule has 2 aromatic rings. The fourth-order valence-electron chi connectivity index (χ4n) is 5.84. The Labute approximate surface area is 191 Å². The third-order valence-electron chi connectivity index (χ3n) is 7.51. The predicted molar refractivity (Wildman–Crippen MR) is 125 cm³/mol. The number of rotatable bonds is 5. The van der Waals surface area contributed by atoms with Crippen LogP contribution in [0.3, 0.4) is 0 Å². The zero-order valence-corrected chi connectivity index (χ0v) is 19.3. The maximum Gasteiger partial charge on any atom is 0.228 e. The van der Waals surface area contributed by atoms with Gasteiger partial charge in [0.15, 0.2) is 0 Å². The molecule has 3 heterocycles. The Kier molecular flexibility index (Phi) is 6.13. The lowest BCUT2D eigenvalue weighted by molar-refractivity contribution is -0.119. The number of nitrogens with zero attached hydrogens (tertiary/aromatic N) is 4. The number of ether oxygens (including phenoxy) is 1. The van der Waals surface area contributed by atoms with Gasteiger partial charge in [0.2, 0.25) is 5.91 Å². The van der Waals surface area contributed by atoms with E-state index in [1.54, 1.807) is 7.11 Å². The number of hydrogen-bond donors (Lipinski definition) is 0. The molecule has 1 saturated carbocycles. The summed E-state index contributed by atoms with van der Waals surface area (Å²) in [5.74, 6) is 2.65. The first kappa shape index (κ1) is 21.4. The Hall–Kier alpha value is -2.47. The number of methoxy groups -OCH3 is 1. The van der Waals surface area contributed by atoms with Gasteiger partial charge in [-0.25, -0.2) is 9.97 Å². The van der Waals surface area contributed by atoms with Crippen molar-refractivity contribution >= 4 is 11.7 Å². The van der Waals surface area contributed by atoms with Crippen molar-refractivity contribution in [3.8, 4) is 5.75 Å².